The number of benzene rings is 3. The Morgan fingerprint density at radius 1 is 0.862 bits per heavy atom. The number of carbonyl (C=O) groups excluding carboxylic acids is 1. The lowest BCUT2D eigenvalue weighted by molar-refractivity contribution is -0.111. The molecule has 3 aromatic carbocycles. The zero-order chi connectivity index (χ0) is 20.1. The van der Waals surface area contributed by atoms with Gasteiger partial charge in [-0.05, 0) is 29.3 Å². The second-order valence-electron chi connectivity index (χ2n) is 6.30. The Kier molecular flexibility index (Phi) is 5.84. The van der Waals surface area contributed by atoms with Crippen LogP contribution in [0.1, 0.15) is 5.56 Å². The summed E-state index contributed by atoms with van der Waals surface area (Å²) < 4.78 is 0. The maximum Gasteiger partial charge on any atom is 0.250 e. The standard InChI is InChI=1S/C24H17ClN2OS/c25-20-14-11-17(12-15-20)13-16-21(28)26-24-27-22(18-7-3-1-4-8-18)23(29-24)19-9-5-2-6-10-19/h1-16H,(H,26,27,28)/b16-13+. The lowest BCUT2D eigenvalue weighted by atomic mass is 10.1. The predicted molar refractivity (Wildman–Crippen MR) is 122 cm³/mol. The molecular formula is C24H17ClN2OS. The third-order valence-corrected chi connectivity index (χ3v) is 5.51. The number of rotatable bonds is 5. The van der Waals surface area contributed by atoms with E-state index in [-0.39, 0.29) is 5.91 Å². The number of hydrogen-bond donors (Lipinski definition) is 1. The van der Waals surface area contributed by atoms with Crippen LogP contribution in [-0.2, 0) is 4.79 Å². The minimum atomic E-state index is -0.229. The molecular weight excluding hydrogens is 400 g/mol. The van der Waals surface area contributed by atoms with Crippen molar-refractivity contribution >= 4 is 40.1 Å². The fraction of sp³-hybridized carbons (Fsp3) is 0. The van der Waals surface area contributed by atoms with Crippen LogP contribution in [0.5, 0.6) is 0 Å². The third kappa shape index (κ3) is 4.80. The van der Waals surface area contributed by atoms with Crippen LogP contribution in [0.2, 0.25) is 5.02 Å². The largest absolute Gasteiger partial charge is 0.298 e. The molecule has 4 rings (SSSR count). The van der Waals surface area contributed by atoms with Crippen molar-refractivity contribution in [2.75, 3.05) is 5.32 Å². The number of thiazole rings is 1. The van der Waals surface area contributed by atoms with E-state index in [0.29, 0.717) is 10.2 Å². The highest BCUT2D eigenvalue weighted by Crippen LogP contribution is 2.38. The molecule has 1 N–H and O–H groups in total. The maximum atomic E-state index is 12.4. The zero-order valence-electron chi connectivity index (χ0n) is 15.4. The highest BCUT2D eigenvalue weighted by atomic mass is 35.5. The molecule has 0 aliphatic heterocycles. The van der Waals surface area contributed by atoms with Gasteiger partial charge in [0.2, 0.25) is 5.91 Å². The van der Waals surface area contributed by atoms with E-state index in [1.54, 1.807) is 18.2 Å². The number of hydrogen-bond acceptors (Lipinski definition) is 3. The SMILES string of the molecule is O=C(/C=C/c1ccc(Cl)cc1)Nc1nc(-c2ccccc2)c(-c2ccccc2)s1. The van der Waals surface area contributed by atoms with Crippen molar-refractivity contribution in [3.8, 4) is 21.7 Å². The quantitative estimate of drug-likeness (QED) is 0.364. The molecule has 1 amide bonds. The zero-order valence-corrected chi connectivity index (χ0v) is 17.0. The Labute approximate surface area is 178 Å². The van der Waals surface area contributed by atoms with Crippen LogP contribution in [0.15, 0.2) is 91.0 Å². The van der Waals surface area contributed by atoms with Gasteiger partial charge in [-0.1, -0.05) is 95.7 Å². The van der Waals surface area contributed by atoms with E-state index in [9.17, 15) is 4.79 Å². The molecule has 0 saturated heterocycles. The third-order valence-electron chi connectivity index (χ3n) is 4.24. The van der Waals surface area contributed by atoms with E-state index < -0.39 is 0 Å². The Morgan fingerprint density at radius 2 is 1.48 bits per heavy atom. The summed E-state index contributed by atoms with van der Waals surface area (Å²) in [5.41, 5.74) is 3.85. The summed E-state index contributed by atoms with van der Waals surface area (Å²) in [6.45, 7) is 0. The average Bonchev–Trinajstić information content (AvgIpc) is 3.18. The van der Waals surface area contributed by atoms with Crippen LogP contribution < -0.4 is 5.32 Å². The Balaban J connectivity index is 1.60. The molecule has 0 unspecified atom stereocenters. The van der Waals surface area contributed by atoms with Crippen molar-refractivity contribution in [3.05, 3.63) is 102 Å². The van der Waals surface area contributed by atoms with Crippen LogP contribution in [0, 0.1) is 0 Å². The number of carbonyl (C=O) groups is 1. The minimum absolute atomic E-state index is 0.229. The summed E-state index contributed by atoms with van der Waals surface area (Å²) in [6.07, 6.45) is 3.24. The monoisotopic (exact) mass is 416 g/mol. The molecule has 5 heteroatoms. The minimum Gasteiger partial charge on any atom is -0.298 e. The summed E-state index contributed by atoms with van der Waals surface area (Å²) in [6, 6.07) is 27.4. The van der Waals surface area contributed by atoms with Crippen molar-refractivity contribution < 1.29 is 4.79 Å². The summed E-state index contributed by atoms with van der Waals surface area (Å²) in [5, 5.41) is 4.11. The Hall–Kier alpha value is -3.21. The summed E-state index contributed by atoms with van der Waals surface area (Å²) in [4.78, 5) is 18.1. The van der Waals surface area contributed by atoms with E-state index in [0.717, 1.165) is 27.3 Å². The Bertz CT molecular complexity index is 1080. The second-order valence-corrected chi connectivity index (χ2v) is 7.74. The lowest BCUT2D eigenvalue weighted by Gasteiger charge is -2.02. The number of anilines is 1. The van der Waals surface area contributed by atoms with E-state index in [4.69, 9.17) is 16.6 Å². The van der Waals surface area contributed by atoms with Crippen molar-refractivity contribution in [2.24, 2.45) is 0 Å². The first-order chi connectivity index (χ1) is 14.2. The van der Waals surface area contributed by atoms with Crippen LogP contribution >= 0.6 is 22.9 Å². The first-order valence-electron chi connectivity index (χ1n) is 9.05. The van der Waals surface area contributed by atoms with Crippen molar-refractivity contribution in [1.82, 2.24) is 4.98 Å². The summed E-state index contributed by atoms with van der Waals surface area (Å²) in [7, 11) is 0. The molecule has 1 heterocycles. The molecule has 0 spiro atoms. The molecule has 142 valence electrons. The molecule has 29 heavy (non-hydrogen) atoms. The highest BCUT2D eigenvalue weighted by Gasteiger charge is 2.15. The van der Waals surface area contributed by atoms with E-state index in [1.807, 2.05) is 72.8 Å². The van der Waals surface area contributed by atoms with Crippen LogP contribution in [0.4, 0.5) is 5.13 Å². The smallest absolute Gasteiger partial charge is 0.250 e. The van der Waals surface area contributed by atoms with Crippen molar-refractivity contribution in [1.29, 1.82) is 0 Å². The second kappa shape index (κ2) is 8.86. The van der Waals surface area contributed by atoms with E-state index in [1.165, 1.54) is 17.4 Å². The normalized spacial score (nSPS) is 10.9. The van der Waals surface area contributed by atoms with Gasteiger partial charge in [0.25, 0.3) is 0 Å². The molecule has 0 bridgehead atoms. The van der Waals surface area contributed by atoms with Gasteiger partial charge >= 0.3 is 0 Å². The van der Waals surface area contributed by atoms with Gasteiger partial charge in [-0.2, -0.15) is 0 Å². The number of aromatic nitrogens is 1. The maximum absolute atomic E-state index is 12.4. The van der Waals surface area contributed by atoms with Gasteiger partial charge in [-0.3, -0.25) is 10.1 Å². The number of nitrogens with one attached hydrogen (secondary N) is 1. The first-order valence-corrected chi connectivity index (χ1v) is 10.2. The molecule has 1 aromatic heterocycles. The average molecular weight is 417 g/mol. The van der Waals surface area contributed by atoms with Gasteiger partial charge in [0.05, 0.1) is 10.6 Å². The van der Waals surface area contributed by atoms with Crippen molar-refractivity contribution in [3.63, 3.8) is 0 Å². The van der Waals surface area contributed by atoms with Crippen LogP contribution in [0.25, 0.3) is 27.8 Å². The van der Waals surface area contributed by atoms with E-state index >= 15 is 0 Å². The van der Waals surface area contributed by atoms with E-state index in [2.05, 4.69) is 5.32 Å². The molecule has 3 nitrogen and oxygen atoms in total. The first kappa shape index (κ1) is 19.1. The van der Waals surface area contributed by atoms with Gasteiger partial charge in [-0.15, -0.1) is 0 Å². The Morgan fingerprint density at radius 3 is 2.14 bits per heavy atom. The van der Waals surface area contributed by atoms with Crippen LogP contribution in [-0.4, -0.2) is 10.9 Å². The lowest BCUT2D eigenvalue weighted by Crippen LogP contribution is -2.07. The fourth-order valence-electron chi connectivity index (χ4n) is 2.84. The topological polar surface area (TPSA) is 42.0 Å². The van der Waals surface area contributed by atoms with Gasteiger partial charge in [0.1, 0.15) is 0 Å². The van der Waals surface area contributed by atoms with Gasteiger partial charge in [0, 0.05) is 16.7 Å². The predicted octanol–water partition coefficient (Wildman–Crippen LogP) is 6.78. The molecule has 0 saturated carbocycles. The molecule has 0 atom stereocenters. The highest BCUT2D eigenvalue weighted by molar-refractivity contribution is 7.19. The molecule has 0 aliphatic carbocycles. The fourth-order valence-corrected chi connectivity index (χ4v) is 3.97. The summed E-state index contributed by atoms with van der Waals surface area (Å²) in [5.74, 6) is -0.229. The molecule has 4 aromatic rings. The van der Waals surface area contributed by atoms with Crippen LogP contribution in [0.3, 0.4) is 0 Å². The molecule has 0 aliphatic rings. The van der Waals surface area contributed by atoms with Crippen molar-refractivity contribution in [2.45, 2.75) is 0 Å². The number of nitrogens with zero attached hydrogens (tertiary/aromatic N) is 1. The van der Waals surface area contributed by atoms with Gasteiger partial charge < -0.3 is 0 Å². The molecule has 0 radical (unpaired) electrons. The number of halogens is 1. The number of amides is 1. The van der Waals surface area contributed by atoms with Gasteiger partial charge in [-0.25, -0.2) is 4.98 Å². The summed E-state index contributed by atoms with van der Waals surface area (Å²) >= 11 is 7.35. The van der Waals surface area contributed by atoms with Gasteiger partial charge in [0.15, 0.2) is 5.13 Å². The molecule has 0 fully saturated rings.